The van der Waals surface area contributed by atoms with Crippen molar-refractivity contribution in [2.45, 2.75) is 51.2 Å². The monoisotopic (exact) mass is 337 g/mol. The number of hydrogen-bond acceptors (Lipinski definition) is 5. The molecule has 2 saturated heterocycles. The molecule has 2 fully saturated rings. The van der Waals surface area contributed by atoms with Crippen LogP contribution in [0.15, 0.2) is 10.6 Å². The number of hydrogen-bond donors (Lipinski definition) is 1. The van der Waals surface area contributed by atoms with E-state index in [1.807, 2.05) is 17.9 Å². The molecule has 1 aromatic heterocycles. The van der Waals surface area contributed by atoms with Crippen molar-refractivity contribution < 1.29 is 18.8 Å². The third-order valence-corrected chi connectivity index (χ3v) is 4.56. The number of nitrogens with one attached hydrogen (secondary N) is 1. The van der Waals surface area contributed by atoms with Gasteiger partial charge in [-0.3, -0.25) is 0 Å². The predicted molar refractivity (Wildman–Crippen MR) is 87.7 cm³/mol. The second kappa shape index (κ2) is 8.48. The third kappa shape index (κ3) is 4.48. The molecular formula is C17H27N3O4. The van der Waals surface area contributed by atoms with Crippen LogP contribution in [0.25, 0.3) is 0 Å². The van der Waals surface area contributed by atoms with E-state index in [4.69, 9.17) is 14.0 Å². The lowest BCUT2D eigenvalue weighted by atomic mass is 10.1. The number of aromatic nitrogens is 1. The molecule has 7 heteroatoms. The van der Waals surface area contributed by atoms with Crippen LogP contribution in [0.1, 0.15) is 49.6 Å². The van der Waals surface area contributed by atoms with E-state index in [0.29, 0.717) is 19.8 Å². The first-order chi connectivity index (χ1) is 11.7. The van der Waals surface area contributed by atoms with Crippen LogP contribution < -0.4 is 5.32 Å². The van der Waals surface area contributed by atoms with Gasteiger partial charge in [0.15, 0.2) is 5.76 Å². The van der Waals surface area contributed by atoms with Crippen LogP contribution in [0.5, 0.6) is 0 Å². The van der Waals surface area contributed by atoms with Crippen LogP contribution in [0.4, 0.5) is 4.79 Å². The van der Waals surface area contributed by atoms with Crippen molar-refractivity contribution in [3.05, 3.63) is 17.5 Å². The number of carbonyl (C=O) groups is 1. The summed E-state index contributed by atoms with van der Waals surface area (Å²) in [6, 6.07) is 1.88. The normalized spacial score (nSPS) is 23.8. The van der Waals surface area contributed by atoms with Gasteiger partial charge in [0.05, 0.1) is 24.4 Å². The standard InChI is InChI=1S/C17H27N3O4/c1-13-11-16(24-19-13)15-6-2-8-20(15)17(21)18-7-4-9-22-12-14-5-3-10-23-14/h11,14-15H,2-10,12H2,1H3,(H,18,21)/t14-,15-/m0/s1. The molecule has 0 unspecified atom stereocenters. The highest BCUT2D eigenvalue weighted by atomic mass is 16.5. The Labute approximate surface area is 142 Å². The molecule has 1 N–H and O–H groups in total. The molecule has 3 heterocycles. The number of carbonyl (C=O) groups excluding carboxylic acids is 1. The summed E-state index contributed by atoms with van der Waals surface area (Å²) >= 11 is 0. The zero-order valence-corrected chi connectivity index (χ0v) is 14.3. The number of likely N-dealkylation sites (tertiary alicyclic amines) is 1. The number of ether oxygens (including phenoxy) is 2. The van der Waals surface area contributed by atoms with Crippen molar-refractivity contribution in [3.8, 4) is 0 Å². The van der Waals surface area contributed by atoms with E-state index in [9.17, 15) is 4.79 Å². The molecule has 0 spiro atoms. The Morgan fingerprint density at radius 2 is 2.38 bits per heavy atom. The fraction of sp³-hybridized carbons (Fsp3) is 0.765. The Kier molecular flexibility index (Phi) is 6.09. The molecule has 2 aliphatic rings. The third-order valence-electron chi connectivity index (χ3n) is 4.56. The maximum Gasteiger partial charge on any atom is 0.318 e. The largest absolute Gasteiger partial charge is 0.379 e. The summed E-state index contributed by atoms with van der Waals surface area (Å²) in [5.41, 5.74) is 0.848. The van der Waals surface area contributed by atoms with Crippen LogP contribution in [-0.4, -0.2) is 55.1 Å². The van der Waals surface area contributed by atoms with Gasteiger partial charge in [0.1, 0.15) is 0 Å². The van der Waals surface area contributed by atoms with E-state index >= 15 is 0 Å². The molecule has 1 aromatic rings. The molecule has 2 amide bonds. The molecule has 24 heavy (non-hydrogen) atoms. The summed E-state index contributed by atoms with van der Waals surface area (Å²) in [7, 11) is 0. The molecule has 2 aliphatic heterocycles. The summed E-state index contributed by atoms with van der Waals surface area (Å²) in [6.45, 7) is 5.42. The van der Waals surface area contributed by atoms with Crippen LogP contribution in [0.2, 0.25) is 0 Å². The lowest BCUT2D eigenvalue weighted by Crippen LogP contribution is -2.40. The first kappa shape index (κ1) is 17.2. The van der Waals surface area contributed by atoms with E-state index in [0.717, 1.165) is 56.7 Å². The van der Waals surface area contributed by atoms with Crippen LogP contribution in [0.3, 0.4) is 0 Å². The average Bonchev–Trinajstić information content (AvgIpc) is 3.30. The van der Waals surface area contributed by atoms with Gasteiger partial charge in [-0.05, 0) is 39.0 Å². The summed E-state index contributed by atoms with van der Waals surface area (Å²) in [4.78, 5) is 14.2. The number of amides is 2. The molecule has 134 valence electrons. The zero-order valence-electron chi connectivity index (χ0n) is 14.3. The summed E-state index contributed by atoms with van der Waals surface area (Å²) < 4.78 is 16.4. The summed E-state index contributed by atoms with van der Waals surface area (Å²) in [5.74, 6) is 0.778. The van der Waals surface area contributed by atoms with Gasteiger partial charge < -0.3 is 24.2 Å². The van der Waals surface area contributed by atoms with Crippen LogP contribution in [-0.2, 0) is 9.47 Å². The summed E-state index contributed by atoms with van der Waals surface area (Å²) in [6.07, 6.45) is 5.20. The van der Waals surface area contributed by atoms with Gasteiger partial charge in [0, 0.05) is 32.4 Å². The minimum atomic E-state index is -0.0364. The maximum atomic E-state index is 12.4. The Morgan fingerprint density at radius 1 is 1.46 bits per heavy atom. The first-order valence-electron chi connectivity index (χ1n) is 8.91. The van der Waals surface area contributed by atoms with Gasteiger partial charge in [-0.15, -0.1) is 0 Å². The molecule has 2 atom stereocenters. The fourth-order valence-corrected chi connectivity index (χ4v) is 3.31. The Balaban J connectivity index is 1.33. The summed E-state index contributed by atoms with van der Waals surface area (Å²) in [5, 5.41) is 6.90. The highest BCUT2D eigenvalue weighted by Crippen LogP contribution is 2.32. The topological polar surface area (TPSA) is 76.8 Å². The van der Waals surface area contributed by atoms with Crippen molar-refractivity contribution in [2.75, 3.05) is 32.9 Å². The van der Waals surface area contributed by atoms with Crippen molar-refractivity contribution >= 4 is 6.03 Å². The van der Waals surface area contributed by atoms with Crippen molar-refractivity contribution in [2.24, 2.45) is 0 Å². The van der Waals surface area contributed by atoms with E-state index in [1.165, 1.54) is 0 Å². The van der Waals surface area contributed by atoms with Gasteiger partial charge in [-0.25, -0.2) is 4.79 Å². The SMILES string of the molecule is Cc1cc([C@@H]2CCCN2C(=O)NCCCOC[C@@H]2CCCO2)on1. The average molecular weight is 337 g/mol. The fourth-order valence-electron chi connectivity index (χ4n) is 3.31. The lowest BCUT2D eigenvalue weighted by molar-refractivity contribution is 0.0167. The van der Waals surface area contributed by atoms with Crippen LogP contribution >= 0.6 is 0 Å². The zero-order chi connectivity index (χ0) is 16.8. The van der Waals surface area contributed by atoms with E-state index < -0.39 is 0 Å². The smallest absolute Gasteiger partial charge is 0.318 e. The highest BCUT2D eigenvalue weighted by Gasteiger charge is 2.32. The first-order valence-corrected chi connectivity index (χ1v) is 8.91. The maximum absolute atomic E-state index is 12.4. The molecule has 3 rings (SSSR count). The minimum absolute atomic E-state index is 0.00182. The van der Waals surface area contributed by atoms with E-state index in [-0.39, 0.29) is 18.2 Å². The second-order valence-electron chi connectivity index (χ2n) is 6.52. The quantitative estimate of drug-likeness (QED) is 0.773. The van der Waals surface area contributed by atoms with Crippen LogP contribution in [0, 0.1) is 6.92 Å². The molecule has 0 bridgehead atoms. The number of rotatable bonds is 7. The van der Waals surface area contributed by atoms with Gasteiger partial charge in [0.25, 0.3) is 0 Å². The Morgan fingerprint density at radius 3 is 3.12 bits per heavy atom. The number of urea groups is 1. The number of nitrogens with zero attached hydrogens (tertiary/aromatic N) is 2. The Bertz CT molecular complexity index is 528. The van der Waals surface area contributed by atoms with Crippen molar-refractivity contribution in [1.82, 2.24) is 15.4 Å². The minimum Gasteiger partial charge on any atom is -0.379 e. The van der Waals surface area contributed by atoms with Gasteiger partial charge >= 0.3 is 6.03 Å². The van der Waals surface area contributed by atoms with E-state index in [2.05, 4.69) is 10.5 Å². The van der Waals surface area contributed by atoms with E-state index in [1.54, 1.807) is 0 Å². The molecule has 0 aromatic carbocycles. The molecule has 7 nitrogen and oxygen atoms in total. The molecule has 0 aliphatic carbocycles. The molecular weight excluding hydrogens is 310 g/mol. The van der Waals surface area contributed by atoms with Crippen molar-refractivity contribution in [1.29, 1.82) is 0 Å². The second-order valence-corrected chi connectivity index (χ2v) is 6.52. The van der Waals surface area contributed by atoms with Crippen molar-refractivity contribution in [3.63, 3.8) is 0 Å². The molecule has 0 radical (unpaired) electrons. The highest BCUT2D eigenvalue weighted by molar-refractivity contribution is 5.74. The predicted octanol–water partition coefficient (Wildman–Crippen LogP) is 2.42. The Hall–Kier alpha value is -1.60. The lowest BCUT2D eigenvalue weighted by Gasteiger charge is -2.23. The van der Waals surface area contributed by atoms with Gasteiger partial charge in [-0.1, -0.05) is 5.16 Å². The number of aryl methyl sites for hydroxylation is 1. The van der Waals surface area contributed by atoms with Gasteiger partial charge in [-0.2, -0.15) is 0 Å². The van der Waals surface area contributed by atoms with Gasteiger partial charge in [0.2, 0.25) is 0 Å². The molecule has 0 saturated carbocycles.